The van der Waals surface area contributed by atoms with Crippen LogP contribution in [0.2, 0.25) is 5.02 Å². The zero-order valence-electron chi connectivity index (χ0n) is 21.9. The highest BCUT2D eigenvalue weighted by atomic mass is 35.5. The summed E-state index contributed by atoms with van der Waals surface area (Å²) in [6.07, 6.45) is 7.03. The van der Waals surface area contributed by atoms with Gasteiger partial charge in [0.15, 0.2) is 0 Å². The number of nitrogens with zero attached hydrogens (tertiary/aromatic N) is 1. The second-order valence-electron chi connectivity index (χ2n) is 9.55. The van der Waals surface area contributed by atoms with Crippen LogP contribution in [0.1, 0.15) is 37.7 Å². The van der Waals surface area contributed by atoms with Gasteiger partial charge < -0.3 is 29.6 Å². The Morgan fingerprint density at radius 2 is 1.90 bits per heavy atom. The van der Waals surface area contributed by atoms with Gasteiger partial charge in [-0.05, 0) is 61.1 Å². The first-order valence-electron chi connectivity index (χ1n) is 13.0. The Kier molecular flexibility index (Phi) is 12.4. The number of carbonyl (C=O) groups is 1. The van der Waals surface area contributed by atoms with Gasteiger partial charge in [-0.3, -0.25) is 4.79 Å². The minimum Gasteiger partial charge on any atom is -0.491 e. The number of halogens is 1. The number of esters is 1. The van der Waals surface area contributed by atoms with Gasteiger partial charge in [0, 0.05) is 23.8 Å². The summed E-state index contributed by atoms with van der Waals surface area (Å²) in [5.74, 6) is -0.110. The third-order valence-electron chi connectivity index (χ3n) is 6.48. The van der Waals surface area contributed by atoms with Crippen LogP contribution in [0.25, 0.3) is 0 Å². The molecule has 1 aliphatic carbocycles. The molecular formula is C29H34ClNO9. The zero-order chi connectivity index (χ0) is 28.9. The molecule has 0 unspecified atom stereocenters. The molecule has 11 heteroatoms. The molecule has 3 rings (SSSR count). The summed E-state index contributed by atoms with van der Waals surface area (Å²) < 4.78 is 10.8. The summed E-state index contributed by atoms with van der Waals surface area (Å²) in [7, 11) is 0. The van der Waals surface area contributed by atoms with Crippen LogP contribution in [0.4, 0.5) is 0 Å². The zero-order valence-corrected chi connectivity index (χ0v) is 22.6. The summed E-state index contributed by atoms with van der Waals surface area (Å²) in [5.41, 5.74) is 0.512. The molecule has 5 atom stereocenters. The molecule has 0 aliphatic heterocycles. The van der Waals surface area contributed by atoms with Gasteiger partial charge in [-0.2, -0.15) is 0 Å². The maximum Gasteiger partial charge on any atom is 0.311 e. The van der Waals surface area contributed by atoms with Gasteiger partial charge in [-0.15, -0.1) is 10.1 Å². The predicted molar refractivity (Wildman–Crippen MR) is 147 cm³/mol. The molecule has 3 N–H and O–H groups in total. The van der Waals surface area contributed by atoms with Crippen molar-refractivity contribution in [2.24, 2.45) is 11.8 Å². The summed E-state index contributed by atoms with van der Waals surface area (Å²) >= 11 is 5.93. The topological polar surface area (TPSA) is 149 Å². The lowest BCUT2D eigenvalue weighted by atomic mass is 9.89. The highest BCUT2D eigenvalue weighted by molar-refractivity contribution is 6.30. The Labute approximate surface area is 237 Å². The first-order valence-corrected chi connectivity index (χ1v) is 13.4. The van der Waals surface area contributed by atoms with E-state index in [0.29, 0.717) is 41.3 Å². The van der Waals surface area contributed by atoms with Crippen LogP contribution in [0.3, 0.4) is 0 Å². The van der Waals surface area contributed by atoms with Crippen molar-refractivity contribution in [2.45, 2.75) is 57.0 Å². The average molecular weight is 576 g/mol. The van der Waals surface area contributed by atoms with Crippen molar-refractivity contribution < 1.29 is 39.5 Å². The number of ether oxygens (including phenoxy) is 2. The first kappa shape index (κ1) is 31.1. The SMILES string of the molecule is O=C(CCCC=CC[C@@H]1[C@@H](C=C[C@@H](O)COc2cccc(Cl)c2)[C@H](O)C[C@@H]1O)Oc1cccc(CO[N+](=O)[O-])c1. The van der Waals surface area contributed by atoms with Crippen LogP contribution in [-0.2, 0) is 16.2 Å². The normalized spacial score (nSPS) is 21.5. The van der Waals surface area contributed by atoms with E-state index in [9.17, 15) is 30.2 Å². The lowest BCUT2D eigenvalue weighted by Crippen LogP contribution is -2.21. The minimum absolute atomic E-state index is 0.0245. The Bertz CT molecular complexity index is 1170. The molecule has 0 aromatic heterocycles. The lowest BCUT2D eigenvalue weighted by molar-refractivity contribution is -0.763. The van der Waals surface area contributed by atoms with E-state index in [4.69, 9.17) is 21.1 Å². The quantitative estimate of drug-likeness (QED) is 0.0700. The van der Waals surface area contributed by atoms with E-state index in [0.717, 1.165) is 0 Å². The molecular weight excluding hydrogens is 542 g/mol. The van der Waals surface area contributed by atoms with Crippen LogP contribution in [-0.4, -0.2) is 51.3 Å². The van der Waals surface area contributed by atoms with E-state index < -0.39 is 29.4 Å². The number of carbonyl (C=O) groups excluding carboxylic acids is 1. The Balaban J connectivity index is 1.39. The lowest BCUT2D eigenvalue weighted by Gasteiger charge is -2.19. The molecule has 40 heavy (non-hydrogen) atoms. The van der Waals surface area contributed by atoms with Crippen LogP contribution < -0.4 is 9.47 Å². The summed E-state index contributed by atoms with van der Waals surface area (Å²) in [5, 5.41) is 41.1. The molecule has 0 saturated heterocycles. The van der Waals surface area contributed by atoms with E-state index in [1.165, 1.54) is 6.07 Å². The standard InChI is InChI=1S/C29H34ClNO9/c30-21-8-6-9-23(16-21)38-19-22(32)13-14-26-25(27(33)17-28(26)34)11-3-1-2-4-12-29(35)40-24-10-5-7-20(15-24)18-39-31(36)37/h1,3,5-10,13-16,22,25-28,32-34H,2,4,11-12,17-19H2/t22-,25-,26-,27+,28-/m1/s1. The fraction of sp³-hybridized carbons (Fsp3) is 0.414. The van der Waals surface area contributed by atoms with Crippen LogP contribution in [0.5, 0.6) is 11.5 Å². The summed E-state index contributed by atoms with van der Waals surface area (Å²) in [6, 6.07) is 13.2. The van der Waals surface area contributed by atoms with Crippen LogP contribution >= 0.6 is 11.6 Å². The molecule has 1 aliphatic rings. The first-order chi connectivity index (χ1) is 19.2. The van der Waals surface area contributed by atoms with Gasteiger partial charge in [-0.25, -0.2) is 0 Å². The fourth-order valence-electron chi connectivity index (χ4n) is 4.50. The highest BCUT2D eigenvalue weighted by Crippen LogP contribution is 2.36. The Morgan fingerprint density at radius 3 is 2.67 bits per heavy atom. The minimum atomic E-state index is -0.892. The number of rotatable bonds is 15. The van der Waals surface area contributed by atoms with E-state index in [2.05, 4.69) is 4.84 Å². The number of unbranched alkanes of at least 4 members (excludes halogenated alkanes) is 1. The molecule has 0 bridgehead atoms. The number of hydrogen-bond acceptors (Lipinski definition) is 9. The molecule has 0 spiro atoms. The average Bonchev–Trinajstić information content (AvgIpc) is 3.18. The highest BCUT2D eigenvalue weighted by Gasteiger charge is 2.39. The number of aliphatic hydroxyl groups excluding tert-OH is 3. The molecule has 1 fully saturated rings. The molecule has 0 amide bonds. The molecule has 1 saturated carbocycles. The van der Waals surface area contributed by atoms with E-state index in [1.807, 2.05) is 12.2 Å². The number of aliphatic hydroxyl groups is 3. The van der Waals surface area contributed by atoms with E-state index in [-0.39, 0.29) is 37.9 Å². The number of hydrogen-bond donors (Lipinski definition) is 3. The maximum atomic E-state index is 12.1. The second kappa shape index (κ2) is 16.0. The molecule has 216 valence electrons. The van der Waals surface area contributed by atoms with Gasteiger partial charge in [-0.1, -0.05) is 54.1 Å². The van der Waals surface area contributed by atoms with Gasteiger partial charge in [0.25, 0.3) is 5.09 Å². The second-order valence-corrected chi connectivity index (χ2v) is 9.99. The van der Waals surface area contributed by atoms with Crippen LogP contribution in [0.15, 0.2) is 72.8 Å². The largest absolute Gasteiger partial charge is 0.491 e. The van der Waals surface area contributed by atoms with Gasteiger partial charge >= 0.3 is 5.97 Å². The van der Waals surface area contributed by atoms with E-state index >= 15 is 0 Å². The van der Waals surface area contributed by atoms with Crippen LogP contribution in [0, 0.1) is 22.0 Å². The maximum absolute atomic E-state index is 12.1. The van der Waals surface area contributed by atoms with Crippen molar-refractivity contribution in [3.8, 4) is 11.5 Å². The third-order valence-corrected chi connectivity index (χ3v) is 6.72. The van der Waals surface area contributed by atoms with Gasteiger partial charge in [0.05, 0.1) is 12.2 Å². The third kappa shape index (κ3) is 10.6. The molecule has 10 nitrogen and oxygen atoms in total. The Hall–Kier alpha value is -3.44. The fourth-order valence-corrected chi connectivity index (χ4v) is 4.68. The monoisotopic (exact) mass is 575 g/mol. The molecule has 0 heterocycles. The summed E-state index contributed by atoms with van der Waals surface area (Å²) in [4.78, 5) is 26.8. The molecule has 0 radical (unpaired) electrons. The van der Waals surface area contributed by atoms with Gasteiger partial charge in [0.2, 0.25) is 0 Å². The van der Waals surface area contributed by atoms with Crippen molar-refractivity contribution in [2.75, 3.05) is 6.61 Å². The molecule has 2 aromatic rings. The smallest absolute Gasteiger partial charge is 0.311 e. The van der Waals surface area contributed by atoms with Crippen molar-refractivity contribution >= 4 is 17.6 Å². The summed E-state index contributed by atoms with van der Waals surface area (Å²) in [6.45, 7) is -0.206. The van der Waals surface area contributed by atoms with Gasteiger partial charge in [0.1, 0.15) is 30.8 Å². The van der Waals surface area contributed by atoms with Crippen molar-refractivity contribution in [3.05, 3.63) is 93.5 Å². The van der Waals surface area contributed by atoms with Crippen molar-refractivity contribution in [1.82, 2.24) is 0 Å². The van der Waals surface area contributed by atoms with Crippen molar-refractivity contribution in [1.29, 1.82) is 0 Å². The van der Waals surface area contributed by atoms with E-state index in [1.54, 1.807) is 54.6 Å². The molecule has 2 aromatic carbocycles. The predicted octanol–water partition coefficient (Wildman–Crippen LogP) is 4.42. The Morgan fingerprint density at radius 1 is 1.12 bits per heavy atom. The van der Waals surface area contributed by atoms with Crippen molar-refractivity contribution in [3.63, 3.8) is 0 Å². The number of benzene rings is 2. The number of allylic oxidation sites excluding steroid dienone is 2.